The molecule has 3 aromatic rings. The Kier molecular flexibility index (Phi) is 9.05. The average molecular weight is 466 g/mol. The van der Waals surface area contributed by atoms with Gasteiger partial charge in [-0.1, -0.05) is 46.6 Å². The molecule has 1 atom stereocenters. The van der Waals surface area contributed by atoms with Crippen LogP contribution in [0.2, 0.25) is 0 Å². The summed E-state index contributed by atoms with van der Waals surface area (Å²) in [5.41, 5.74) is 4.04. The summed E-state index contributed by atoms with van der Waals surface area (Å²) in [6.45, 7) is 14.1. The van der Waals surface area contributed by atoms with Gasteiger partial charge >= 0.3 is 0 Å². The van der Waals surface area contributed by atoms with Crippen LogP contribution in [0.25, 0.3) is 12.2 Å². The van der Waals surface area contributed by atoms with Crippen molar-refractivity contribution in [2.24, 2.45) is 4.99 Å². The average Bonchev–Trinajstić information content (AvgIpc) is 3.16. The van der Waals surface area contributed by atoms with Gasteiger partial charge in [0.25, 0.3) is 5.56 Å². The minimum Gasteiger partial charge on any atom is -0.395 e. The van der Waals surface area contributed by atoms with Crippen LogP contribution in [0.4, 0.5) is 11.4 Å². The van der Waals surface area contributed by atoms with Crippen LogP contribution >= 0.6 is 0 Å². The lowest BCUT2D eigenvalue weighted by Gasteiger charge is -2.21. The van der Waals surface area contributed by atoms with E-state index in [0.29, 0.717) is 29.3 Å². The molecule has 34 heavy (non-hydrogen) atoms. The Morgan fingerprint density at radius 3 is 2.50 bits per heavy atom. The number of nitrogens with one attached hydrogen (secondary N) is 1. The molecular weight excluding hydrogens is 426 g/mol. The molecule has 0 bridgehead atoms. The van der Waals surface area contributed by atoms with Gasteiger partial charge in [0.05, 0.1) is 23.3 Å². The second kappa shape index (κ2) is 12.0. The zero-order chi connectivity index (χ0) is 24.7. The van der Waals surface area contributed by atoms with E-state index in [2.05, 4.69) is 44.3 Å². The lowest BCUT2D eigenvalue weighted by molar-refractivity contribution is 0.302. The second-order valence-corrected chi connectivity index (χ2v) is 8.81. The predicted molar refractivity (Wildman–Crippen MR) is 140 cm³/mol. The number of benzene rings is 1. The summed E-state index contributed by atoms with van der Waals surface area (Å²) in [5, 5.41) is 13.6. The molecule has 184 valence electrons. The van der Waals surface area contributed by atoms with Crippen LogP contribution < -0.4 is 21.2 Å². The number of fused-ring (bicyclic) bond motifs is 1. The molecule has 2 N–H and O–H groups in total. The topological polar surface area (TPSA) is 86.0 Å². The fraction of sp³-hybridized carbons (Fsp3) is 0.519. The molecule has 0 spiro atoms. The molecule has 1 unspecified atom stereocenters. The molecule has 0 saturated heterocycles. The molecule has 7 nitrogen and oxygen atoms in total. The Morgan fingerprint density at radius 2 is 1.91 bits per heavy atom. The summed E-state index contributed by atoms with van der Waals surface area (Å²) in [7, 11) is 0. The Morgan fingerprint density at radius 1 is 1.18 bits per heavy atom. The molecule has 1 aromatic carbocycles. The summed E-state index contributed by atoms with van der Waals surface area (Å²) in [6, 6.07) is 7.88. The molecule has 0 fully saturated rings. The van der Waals surface area contributed by atoms with Gasteiger partial charge in [0, 0.05) is 30.3 Å². The monoisotopic (exact) mass is 465 g/mol. The number of aromatic amines is 1. The van der Waals surface area contributed by atoms with Crippen molar-refractivity contribution in [3.8, 4) is 0 Å². The molecule has 0 aliphatic carbocycles. The highest BCUT2D eigenvalue weighted by molar-refractivity contribution is 5.53. The van der Waals surface area contributed by atoms with Crippen LogP contribution in [0.5, 0.6) is 0 Å². The van der Waals surface area contributed by atoms with E-state index in [4.69, 9.17) is 9.98 Å². The molecule has 0 radical (unpaired) electrons. The molecule has 7 heteroatoms. The number of aromatic nitrogens is 3. The van der Waals surface area contributed by atoms with Gasteiger partial charge in [0.15, 0.2) is 5.65 Å². The largest absolute Gasteiger partial charge is 0.395 e. The smallest absolute Gasteiger partial charge is 0.276 e. The number of aliphatic hydroxyl groups is 1. The number of hydrogen-bond donors (Lipinski definition) is 2. The van der Waals surface area contributed by atoms with Gasteiger partial charge in [-0.15, -0.1) is 0 Å². The van der Waals surface area contributed by atoms with Crippen LogP contribution in [0, 0.1) is 0 Å². The van der Waals surface area contributed by atoms with Crippen LogP contribution in [0.1, 0.15) is 77.0 Å². The number of hydrogen-bond acceptors (Lipinski definition) is 5. The Bertz CT molecular complexity index is 1240. The van der Waals surface area contributed by atoms with Crippen molar-refractivity contribution in [1.82, 2.24) is 14.6 Å². The summed E-state index contributed by atoms with van der Waals surface area (Å²) in [6.07, 6.45) is 5.84. The van der Waals surface area contributed by atoms with Gasteiger partial charge in [0.2, 0.25) is 0 Å². The van der Waals surface area contributed by atoms with Gasteiger partial charge in [0.1, 0.15) is 5.36 Å². The van der Waals surface area contributed by atoms with E-state index < -0.39 is 0 Å². The first-order valence-corrected chi connectivity index (χ1v) is 12.7. The highest BCUT2D eigenvalue weighted by Crippen LogP contribution is 2.26. The summed E-state index contributed by atoms with van der Waals surface area (Å²) in [5.74, 6) is 0.265. The normalized spacial score (nSPS) is 13.0. The summed E-state index contributed by atoms with van der Waals surface area (Å²) >= 11 is 0. The van der Waals surface area contributed by atoms with Crippen molar-refractivity contribution in [3.63, 3.8) is 0 Å². The number of rotatable bonds is 12. The molecular formula is C27H39N5O2. The van der Waals surface area contributed by atoms with Crippen molar-refractivity contribution in [2.75, 3.05) is 24.6 Å². The summed E-state index contributed by atoms with van der Waals surface area (Å²) < 4.78 is 1.51. The first-order valence-electron chi connectivity index (χ1n) is 12.7. The fourth-order valence-electron chi connectivity index (χ4n) is 4.54. The van der Waals surface area contributed by atoms with Crippen molar-refractivity contribution in [1.29, 1.82) is 0 Å². The Labute approximate surface area is 201 Å². The van der Waals surface area contributed by atoms with E-state index in [1.807, 2.05) is 24.3 Å². The predicted octanol–water partition coefficient (Wildman–Crippen LogP) is 3.84. The van der Waals surface area contributed by atoms with Gasteiger partial charge < -0.3 is 10.0 Å². The Hall–Kier alpha value is -2.93. The van der Waals surface area contributed by atoms with E-state index in [1.165, 1.54) is 4.52 Å². The molecule has 0 amide bonds. The van der Waals surface area contributed by atoms with Crippen LogP contribution in [0.3, 0.4) is 0 Å². The van der Waals surface area contributed by atoms with Crippen molar-refractivity contribution < 1.29 is 5.11 Å². The first-order chi connectivity index (χ1) is 16.5. The van der Waals surface area contributed by atoms with Crippen molar-refractivity contribution in [3.05, 3.63) is 56.6 Å². The maximum Gasteiger partial charge on any atom is 0.276 e. The van der Waals surface area contributed by atoms with Crippen LogP contribution in [0.15, 0.2) is 34.1 Å². The zero-order valence-electron chi connectivity index (χ0n) is 21.1. The Balaban J connectivity index is 2.15. The number of likely N-dealkylation sites (N-methyl/N-ethyl adjacent to an activating group) is 1. The van der Waals surface area contributed by atoms with E-state index in [1.54, 1.807) is 0 Å². The number of unbranched alkanes of at least 4 members (excludes halogenated alkanes) is 1. The van der Waals surface area contributed by atoms with Crippen molar-refractivity contribution >= 4 is 23.6 Å². The number of nitrogens with zero attached hydrogens (tertiary/aromatic N) is 4. The molecule has 0 saturated carbocycles. The van der Waals surface area contributed by atoms with Gasteiger partial charge in [-0.05, 0) is 50.5 Å². The van der Waals surface area contributed by atoms with Gasteiger partial charge in [-0.3, -0.25) is 9.89 Å². The van der Waals surface area contributed by atoms with Gasteiger partial charge in [-0.2, -0.15) is 4.52 Å². The van der Waals surface area contributed by atoms with E-state index in [-0.39, 0.29) is 18.1 Å². The lowest BCUT2D eigenvalue weighted by atomic mass is 9.91. The highest BCUT2D eigenvalue weighted by atomic mass is 16.3. The minimum atomic E-state index is -0.0407. The molecule has 0 aliphatic heterocycles. The fourth-order valence-corrected chi connectivity index (χ4v) is 4.54. The third kappa shape index (κ3) is 5.41. The lowest BCUT2D eigenvalue weighted by Crippen LogP contribution is -2.26. The number of aliphatic hydroxyl groups excluding tert-OH is 1. The van der Waals surface area contributed by atoms with E-state index in [9.17, 15) is 9.90 Å². The highest BCUT2D eigenvalue weighted by Gasteiger charge is 2.21. The first kappa shape index (κ1) is 25.7. The molecule has 2 heterocycles. The quantitative estimate of drug-likeness (QED) is 0.426. The minimum absolute atomic E-state index is 0.0407. The molecule has 0 aliphatic rings. The summed E-state index contributed by atoms with van der Waals surface area (Å²) in [4.78, 5) is 25.4. The van der Waals surface area contributed by atoms with E-state index in [0.717, 1.165) is 61.3 Å². The van der Waals surface area contributed by atoms with Crippen LogP contribution in [-0.2, 0) is 6.42 Å². The number of H-pyrrole nitrogens is 1. The van der Waals surface area contributed by atoms with Gasteiger partial charge in [-0.25, -0.2) is 9.98 Å². The third-order valence-corrected chi connectivity index (χ3v) is 6.45. The third-order valence-electron chi connectivity index (χ3n) is 6.45. The molecule has 2 aromatic heterocycles. The maximum absolute atomic E-state index is 13.5. The standard InChI is InChI=1S/C27H39N5O2/c1-6-10-12-20(8-3)25-23(11-7-2)27(34)32-26(29-25)24(19(5)30-32)28-21-13-15-22(16-14-21)31(9-4)17-18-33/h13-16,20,30,33H,5-12,17-18H2,1-4H3. The SMILES string of the molecule is C=c1[nH]n2c(=O)c(CCC)c(C(CC)CCCC)nc2c1=Nc1ccc(N(CC)CCO)cc1. The maximum atomic E-state index is 13.5. The second-order valence-electron chi connectivity index (χ2n) is 8.81. The van der Waals surface area contributed by atoms with Crippen LogP contribution in [-0.4, -0.2) is 39.4 Å². The number of anilines is 1. The van der Waals surface area contributed by atoms with Crippen molar-refractivity contribution in [2.45, 2.75) is 72.1 Å². The molecule has 3 rings (SSSR count). The van der Waals surface area contributed by atoms with E-state index >= 15 is 0 Å². The zero-order valence-corrected chi connectivity index (χ0v) is 21.1.